The van der Waals surface area contributed by atoms with Crippen LogP contribution in [0.2, 0.25) is 0 Å². The molecule has 156 valence electrons. The summed E-state index contributed by atoms with van der Waals surface area (Å²) in [6, 6.07) is -0.0564. The minimum atomic E-state index is -3.42. The fourth-order valence-corrected chi connectivity index (χ4v) is 4.39. The smallest absolute Gasteiger partial charge is 0.256 e. The molecular formula is C17H26ClN5O4S. The van der Waals surface area contributed by atoms with Gasteiger partial charge >= 0.3 is 0 Å². The molecule has 0 aromatic rings. The molecule has 1 fully saturated rings. The molecule has 0 aromatic carbocycles. The average Bonchev–Trinajstić information content (AvgIpc) is 2.65. The number of amidine groups is 1. The first-order chi connectivity index (χ1) is 12.9. The zero-order valence-corrected chi connectivity index (χ0v) is 17.2. The summed E-state index contributed by atoms with van der Waals surface area (Å²) in [5, 5.41) is 2.85. The summed E-state index contributed by atoms with van der Waals surface area (Å²) in [6.07, 6.45) is 7.87. The monoisotopic (exact) mass is 431 g/mol. The Labute approximate surface area is 171 Å². The molecule has 28 heavy (non-hydrogen) atoms. The van der Waals surface area contributed by atoms with E-state index < -0.39 is 10.0 Å². The Bertz CT molecular complexity index is 808. The molecule has 0 aromatic heterocycles. The second-order valence-electron chi connectivity index (χ2n) is 6.84. The van der Waals surface area contributed by atoms with E-state index in [1.165, 1.54) is 0 Å². The Balaban J connectivity index is 0.00000280. The number of amides is 2. The SMILES string of the molecule is Cl.NCCC(=O)NCC1CCCCN1C(=O)C1=CN2CCS(=O)(=O)N=C2C=C1. The number of hydrogen-bond acceptors (Lipinski definition) is 6. The van der Waals surface area contributed by atoms with Crippen LogP contribution >= 0.6 is 12.4 Å². The Morgan fingerprint density at radius 2 is 2.04 bits per heavy atom. The van der Waals surface area contributed by atoms with Gasteiger partial charge in [-0.05, 0) is 31.4 Å². The van der Waals surface area contributed by atoms with Crippen molar-refractivity contribution in [2.75, 3.05) is 31.9 Å². The zero-order valence-electron chi connectivity index (χ0n) is 15.5. The Morgan fingerprint density at radius 1 is 1.25 bits per heavy atom. The molecule has 11 heteroatoms. The first kappa shape index (κ1) is 22.4. The van der Waals surface area contributed by atoms with Crippen LogP contribution in [0.25, 0.3) is 0 Å². The number of sulfonamides is 1. The first-order valence-corrected chi connectivity index (χ1v) is 10.8. The number of nitrogens with two attached hydrogens (primary N) is 1. The summed E-state index contributed by atoms with van der Waals surface area (Å²) in [6.45, 7) is 1.63. The lowest BCUT2D eigenvalue weighted by atomic mass is 10.00. The summed E-state index contributed by atoms with van der Waals surface area (Å²) in [7, 11) is -3.42. The molecule has 3 N–H and O–H groups in total. The Morgan fingerprint density at radius 3 is 2.79 bits per heavy atom. The molecule has 1 saturated heterocycles. The molecule has 3 aliphatic heterocycles. The van der Waals surface area contributed by atoms with Gasteiger partial charge in [-0.3, -0.25) is 9.59 Å². The van der Waals surface area contributed by atoms with Gasteiger partial charge in [0.1, 0.15) is 5.84 Å². The van der Waals surface area contributed by atoms with Crippen LogP contribution in [0, 0.1) is 0 Å². The van der Waals surface area contributed by atoms with Crippen molar-refractivity contribution in [3.63, 3.8) is 0 Å². The second kappa shape index (κ2) is 9.53. The van der Waals surface area contributed by atoms with Gasteiger partial charge in [-0.1, -0.05) is 0 Å². The average molecular weight is 432 g/mol. The lowest BCUT2D eigenvalue weighted by Crippen LogP contribution is -2.50. The maximum Gasteiger partial charge on any atom is 0.256 e. The first-order valence-electron chi connectivity index (χ1n) is 9.16. The van der Waals surface area contributed by atoms with Crippen LogP contribution in [0.3, 0.4) is 0 Å². The molecule has 3 heterocycles. The van der Waals surface area contributed by atoms with Crippen molar-refractivity contribution in [2.45, 2.75) is 31.7 Å². The van der Waals surface area contributed by atoms with Gasteiger partial charge in [-0.25, -0.2) is 8.42 Å². The normalized spacial score (nSPS) is 23.1. The molecule has 0 bridgehead atoms. The molecule has 0 aliphatic carbocycles. The Kier molecular flexibility index (Phi) is 7.62. The fourth-order valence-electron chi connectivity index (χ4n) is 3.42. The maximum atomic E-state index is 13.0. The maximum absolute atomic E-state index is 13.0. The third-order valence-electron chi connectivity index (χ3n) is 4.87. The van der Waals surface area contributed by atoms with E-state index >= 15 is 0 Å². The number of halogens is 1. The van der Waals surface area contributed by atoms with Crippen LogP contribution in [0.1, 0.15) is 25.7 Å². The molecule has 1 unspecified atom stereocenters. The minimum Gasteiger partial charge on any atom is -0.354 e. The van der Waals surface area contributed by atoms with Crippen molar-refractivity contribution in [3.05, 3.63) is 23.9 Å². The van der Waals surface area contributed by atoms with Crippen molar-refractivity contribution >= 4 is 40.1 Å². The van der Waals surface area contributed by atoms with Crippen molar-refractivity contribution in [1.82, 2.24) is 15.1 Å². The standard InChI is InChI=1S/C17H25N5O4S.ClH/c18-7-6-16(23)19-11-14-3-1-2-8-22(14)17(24)13-4-5-15-20-27(25,26)10-9-21(15)12-13;/h4-5,12,14H,1-3,6-11,18H2,(H,19,23);1H. The van der Waals surface area contributed by atoms with Gasteiger partial charge in [-0.15, -0.1) is 16.8 Å². The van der Waals surface area contributed by atoms with E-state index in [0.29, 0.717) is 31.0 Å². The van der Waals surface area contributed by atoms with Crippen molar-refractivity contribution in [3.8, 4) is 0 Å². The van der Waals surface area contributed by atoms with E-state index in [4.69, 9.17) is 5.73 Å². The van der Waals surface area contributed by atoms with E-state index in [0.717, 1.165) is 19.3 Å². The van der Waals surface area contributed by atoms with E-state index in [2.05, 4.69) is 9.71 Å². The summed E-state index contributed by atoms with van der Waals surface area (Å²) in [5.41, 5.74) is 5.88. The number of rotatable bonds is 5. The third kappa shape index (κ3) is 5.33. The van der Waals surface area contributed by atoms with Crippen LogP contribution < -0.4 is 11.1 Å². The van der Waals surface area contributed by atoms with Gasteiger partial charge in [0.2, 0.25) is 5.91 Å². The van der Waals surface area contributed by atoms with Gasteiger partial charge < -0.3 is 20.9 Å². The van der Waals surface area contributed by atoms with Gasteiger partial charge in [0.15, 0.2) is 0 Å². The number of fused-ring (bicyclic) bond motifs is 1. The predicted octanol–water partition coefficient (Wildman–Crippen LogP) is -0.248. The lowest BCUT2D eigenvalue weighted by Gasteiger charge is -2.37. The van der Waals surface area contributed by atoms with Crippen molar-refractivity contribution in [2.24, 2.45) is 10.1 Å². The fraction of sp³-hybridized carbons (Fsp3) is 0.588. The number of likely N-dealkylation sites (tertiary alicyclic amines) is 1. The quantitative estimate of drug-likeness (QED) is 0.618. The second-order valence-corrected chi connectivity index (χ2v) is 8.59. The molecule has 0 radical (unpaired) electrons. The summed E-state index contributed by atoms with van der Waals surface area (Å²) in [5.74, 6) is 0.0446. The number of carbonyl (C=O) groups excluding carboxylic acids is 2. The summed E-state index contributed by atoms with van der Waals surface area (Å²) < 4.78 is 26.9. The molecular weight excluding hydrogens is 406 g/mol. The number of nitrogens with one attached hydrogen (secondary N) is 1. The van der Waals surface area contributed by atoms with E-state index in [-0.39, 0.29) is 49.0 Å². The van der Waals surface area contributed by atoms with E-state index in [9.17, 15) is 18.0 Å². The number of hydrogen-bond donors (Lipinski definition) is 2. The predicted molar refractivity (Wildman–Crippen MR) is 108 cm³/mol. The Hall–Kier alpha value is -1.91. The topological polar surface area (TPSA) is 125 Å². The highest BCUT2D eigenvalue weighted by Crippen LogP contribution is 2.22. The van der Waals surface area contributed by atoms with Gasteiger partial charge in [0, 0.05) is 44.8 Å². The molecule has 3 rings (SSSR count). The van der Waals surface area contributed by atoms with Gasteiger partial charge in [0.25, 0.3) is 15.9 Å². The highest BCUT2D eigenvalue weighted by Gasteiger charge is 2.31. The summed E-state index contributed by atoms with van der Waals surface area (Å²) >= 11 is 0. The van der Waals surface area contributed by atoms with Crippen molar-refractivity contribution < 1.29 is 18.0 Å². The third-order valence-corrected chi connectivity index (χ3v) is 6.03. The van der Waals surface area contributed by atoms with Crippen LogP contribution in [-0.4, -0.2) is 73.8 Å². The van der Waals surface area contributed by atoms with E-state index in [1.807, 2.05) is 0 Å². The highest BCUT2D eigenvalue weighted by atomic mass is 35.5. The number of piperidine rings is 1. The van der Waals surface area contributed by atoms with E-state index in [1.54, 1.807) is 28.2 Å². The molecule has 0 spiro atoms. The molecule has 1 atom stereocenters. The van der Waals surface area contributed by atoms with Gasteiger partial charge in [-0.2, -0.15) is 0 Å². The highest BCUT2D eigenvalue weighted by molar-refractivity contribution is 7.90. The number of carbonyl (C=O) groups is 2. The molecule has 3 aliphatic rings. The van der Waals surface area contributed by atoms with Crippen LogP contribution in [-0.2, 0) is 19.6 Å². The van der Waals surface area contributed by atoms with Crippen LogP contribution in [0.4, 0.5) is 0 Å². The molecule has 2 amide bonds. The van der Waals surface area contributed by atoms with Crippen LogP contribution in [0.5, 0.6) is 0 Å². The molecule has 9 nitrogen and oxygen atoms in total. The van der Waals surface area contributed by atoms with Crippen molar-refractivity contribution in [1.29, 1.82) is 0 Å². The zero-order chi connectivity index (χ0) is 19.4. The largest absolute Gasteiger partial charge is 0.354 e. The van der Waals surface area contributed by atoms with Crippen LogP contribution in [0.15, 0.2) is 28.3 Å². The summed E-state index contributed by atoms with van der Waals surface area (Å²) in [4.78, 5) is 28.2. The molecule has 0 saturated carbocycles. The minimum absolute atomic E-state index is 0. The lowest BCUT2D eigenvalue weighted by molar-refractivity contribution is -0.131. The van der Waals surface area contributed by atoms with Gasteiger partial charge in [0.05, 0.1) is 11.3 Å². The number of nitrogens with zero attached hydrogens (tertiary/aromatic N) is 3.